The molecule has 0 bridgehead atoms. The van der Waals surface area contributed by atoms with Gasteiger partial charge in [-0.2, -0.15) is 0 Å². The maximum Gasteiger partial charge on any atom is 0.0560 e. The van der Waals surface area contributed by atoms with Crippen LogP contribution in [0.5, 0.6) is 0 Å². The van der Waals surface area contributed by atoms with Crippen molar-refractivity contribution in [2.45, 2.75) is 4.90 Å². The van der Waals surface area contributed by atoms with Gasteiger partial charge in [-0.1, -0.05) is 24.3 Å². The van der Waals surface area contributed by atoms with Gasteiger partial charge in [-0.25, -0.2) is 0 Å². The van der Waals surface area contributed by atoms with Gasteiger partial charge >= 0.3 is 0 Å². The summed E-state index contributed by atoms with van der Waals surface area (Å²) in [6.07, 6.45) is 0. The van der Waals surface area contributed by atoms with Crippen molar-refractivity contribution in [3.05, 3.63) is 36.4 Å². The molecule has 0 saturated heterocycles. The Morgan fingerprint density at radius 1 is 1.08 bits per heavy atom. The van der Waals surface area contributed by atoms with Crippen molar-refractivity contribution >= 4 is 28.4 Å². The quantitative estimate of drug-likeness (QED) is 0.582. The van der Waals surface area contributed by atoms with Crippen LogP contribution in [0.25, 0.3) is 10.8 Å². The van der Waals surface area contributed by atoms with Crippen LogP contribution in [0.3, 0.4) is 0 Å². The lowest BCUT2D eigenvalue weighted by molar-refractivity contribution is 1.40. The predicted molar refractivity (Wildman–Crippen MR) is 58.2 cm³/mol. The van der Waals surface area contributed by atoms with Gasteiger partial charge < -0.3 is 4.31 Å². The van der Waals surface area contributed by atoms with Crippen LogP contribution in [0.4, 0.5) is 5.69 Å². The molecule has 0 aromatic heterocycles. The summed E-state index contributed by atoms with van der Waals surface area (Å²) < 4.78 is 2.22. The lowest BCUT2D eigenvalue weighted by Crippen LogP contribution is -1.99. The van der Waals surface area contributed by atoms with Gasteiger partial charge in [0.15, 0.2) is 0 Å². The van der Waals surface area contributed by atoms with Crippen LogP contribution in [0.2, 0.25) is 0 Å². The van der Waals surface area contributed by atoms with E-state index in [2.05, 4.69) is 47.8 Å². The second-order valence-corrected chi connectivity index (χ2v) is 4.39. The smallest absolute Gasteiger partial charge is 0.0560 e. The van der Waals surface area contributed by atoms with Crippen LogP contribution in [0.15, 0.2) is 41.3 Å². The highest BCUT2D eigenvalue weighted by Gasteiger charge is 2.18. The topological polar surface area (TPSA) is 3.24 Å². The maximum atomic E-state index is 2.22. The first-order valence-electron chi connectivity index (χ1n) is 4.30. The number of hydrogen-bond acceptors (Lipinski definition) is 2. The lowest BCUT2D eigenvalue weighted by Gasteiger charge is -2.08. The molecule has 1 aliphatic rings. The van der Waals surface area contributed by atoms with E-state index in [0.717, 1.165) is 0 Å². The Bertz CT molecular complexity index is 473. The van der Waals surface area contributed by atoms with E-state index in [1.807, 2.05) is 0 Å². The summed E-state index contributed by atoms with van der Waals surface area (Å²) in [6.45, 7) is 0. The number of hydrogen-bond donors (Lipinski definition) is 0. The lowest BCUT2D eigenvalue weighted by atomic mass is 10.1. The first kappa shape index (κ1) is 7.27. The van der Waals surface area contributed by atoms with E-state index in [4.69, 9.17) is 0 Å². The van der Waals surface area contributed by atoms with E-state index in [9.17, 15) is 0 Å². The van der Waals surface area contributed by atoms with Gasteiger partial charge in [0.25, 0.3) is 0 Å². The Morgan fingerprint density at radius 3 is 2.69 bits per heavy atom. The number of anilines is 1. The standard InChI is InChI=1S/C11H9NS/c1-12-9-6-2-4-8-5-3-7-10(13-12)11(8)9/h2-7H,1H3. The highest BCUT2D eigenvalue weighted by molar-refractivity contribution is 8.01. The van der Waals surface area contributed by atoms with E-state index in [1.165, 1.54) is 21.4 Å². The molecule has 0 N–H and O–H groups in total. The minimum absolute atomic E-state index is 1.33. The Labute approximate surface area is 81.5 Å². The molecular weight excluding hydrogens is 178 g/mol. The summed E-state index contributed by atoms with van der Waals surface area (Å²) in [6, 6.07) is 12.9. The predicted octanol–water partition coefficient (Wildman–Crippen LogP) is 3.30. The molecule has 0 fully saturated rings. The molecule has 64 valence electrons. The molecule has 0 unspecified atom stereocenters. The second-order valence-electron chi connectivity index (χ2n) is 3.22. The normalized spacial score (nSPS) is 14.1. The van der Waals surface area contributed by atoms with Crippen LogP contribution in [-0.4, -0.2) is 7.05 Å². The summed E-state index contributed by atoms with van der Waals surface area (Å²) in [4.78, 5) is 1.37. The zero-order valence-corrected chi connectivity index (χ0v) is 8.14. The highest BCUT2D eigenvalue weighted by Crippen LogP contribution is 2.44. The van der Waals surface area contributed by atoms with Crippen molar-refractivity contribution in [3.63, 3.8) is 0 Å². The van der Waals surface area contributed by atoms with Crippen LogP contribution >= 0.6 is 11.9 Å². The summed E-state index contributed by atoms with van der Waals surface area (Å²) in [5, 5.41) is 2.74. The summed E-state index contributed by atoms with van der Waals surface area (Å²) in [5.41, 5.74) is 1.33. The molecule has 0 aliphatic carbocycles. The number of rotatable bonds is 0. The molecule has 1 nitrogen and oxygen atoms in total. The molecule has 2 heteroatoms. The molecule has 0 atom stereocenters. The van der Waals surface area contributed by atoms with Crippen molar-refractivity contribution in [2.24, 2.45) is 0 Å². The summed E-state index contributed by atoms with van der Waals surface area (Å²) >= 11 is 1.80. The second kappa shape index (κ2) is 2.42. The first-order chi connectivity index (χ1) is 6.36. The van der Waals surface area contributed by atoms with E-state index in [-0.39, 0.29) is 0 Å². The zero-order valence-electron chi connectivity index (χ0n) is 7.32. The third-order valence-corrected chi connectivity index (χ3v) is 3.43. The molecule has 2 aromatic rings. The minimum atomic E-state index is 1.33. The van der Waals surface area contributed by atoms with Gasteiger partial charge in [0, 0.05) is 17.3 Å². The van der Waals surface area contributed by atoms with Crippen molar-refractivity contribution in [1.82, 2.24) is 0 Å². The maximum absolute atomic E-state index is 2.22. The van der Waals surface area contributed by atoms with Crippen molar-refractivity contribution in [2.75, 3.05) is 11.4 Å². The van der Waals surface area contributed by atoms with E-state index in [0.29, 0.717) is 0 Å². The Balaban J connectivity index is 2.51. The minimum Gasteiger partial charge on any atom is -0.315 e. The first-order valence-corrected chi connectivity index (χ1v) is 5.07. The monoisotopic (exact) mass is 187 g/mol. The Morgan fingerprint density at radius 2 is 1.85 bits per heavy atom. The van der Waals surface area contributed by atoms with Crippen LogP contribution < -0.4 is 4.31 Å². The SMILES string of the molecule is CN1Sc2cccc3cccc1c23. The fourth-order valence-electron chi connectivity index (χ4n) is 1.82. The molecule has 2 aromatic carbocycles. The van der Waals surface area contributed by atoms with Crippen LogP contribution in [0.1, 0.15) is 0 Å². The Kier molecular flexibility index (Phi) is 1.35. The molecule has 0 saturated carbocycles. The molecule has 1 aliphatic heterocycles. The van der Waals surface area contributed by atoms with Crippen molar-refractivity contribution < 1.29 is 0 Å². The largest absolute Gasteiger partial charge is 0.315 e. The van der Waals surface area contributed by atoms with E-state index in [1.54, 1.807) is 11.9 Å². The number of benzene rings is 2. The van der Waals surface area contributed by atoms with Gasteiger partial charge in [0.1, 0.15) is 0 Å². The van der Waals surface area contributed by atoms with E-state index < -0.39 is 0 Å². The third kappa shape index (κ3) is 0.893. The zero-order chi connectivity index (χ0) is 8.84. The average molecular weight is 187 g/mol. The van der Waals surface area contributed by atoms with Crippen LogP contribution in [0, 0.1) is 0 Å². The molecule has 1 heterocycles. The molecule has 0 amide bonds. The molecule has 13 heavy (non-hydrogen) atoms. The average Bonchev–Trinajstić information content (AvgIpc) is 2.47. The van der Waals surface area contributed by atoms with Gasteiger partial charge in [0.2, 0.25) is 0 Å². The van der Waals surface area contributed by atoms with Crippen LogP contribution in [-0.2, 0) is 0 Å². The molecule has 0 spiro atoms. The molecular formula is C11H9NS. The van der Waals surface area contributed by atoms with Crippen molar-refractivity contribution in [3.8, 4) is 0 Å². The Hall–Kier alpha value is -1.15. The fraction of sp³-hybridized carbons (Fsp3) is 0.0909. The third-order valence-electron chi connectivity index (χ3n) is 2.42. The van der Waals surface area contributed by atoms with E-state index >= 15 is 0 Å². The fourth-order valence-corrected chi connectivity index (χ4v) is 2.82. The van der Waals surface area contributed by atoms with Gasteiger partial charge in [-0.3, -0.25) is 0 Å². The van der Waals surface area contributed by atoms with Crippen molar-refractivity contribution in [1.29, 1.82) is 0 Å². The number of nitrogens with zero attached hydrogens (tertiary/aromatic N) is 1. The molecule has 3 rings (SSSR count). The molecule has 0 radical (unpaired) electrons. The van der Waals surface area contributed by atoms with Gasteiger partial charge in [-0.15, -0.1) is 0 Å². The highest BCUT2D eigenvalue weighted by atomic mass is 32.2. The summed E-state index contributed by atoms with van der Waals surface area (Å²) in [5.74, 6) is 0. The van der Waals surface area contributed by atoms with Gasteiger partial charge in [0.05, 0.1) is 5.69 Å². The summed E-state index contributed by atoms with van der Waals surface area (Å²) in [7, 11) is 2.11. The van der Waals surface area contributed by atoms with Gasteiger partial charge in [-0.05, 0) is 29.5 Å².